The molecule has 0 spiro atoms. The third-order valence-electron chi connectivity index (χ3n) is 7.69. The summed E-state index contributed by atoms with van der Waals surface area (Å²) in [5.41, 5.74) is 3.76. The molecule has 5 rings (SSSR count). The highest BCUT2D eigenvalue weighted by Crippen LogP contribution is 2.44. The quantitative estimate of drug-likeness (QED) is 0.741. The number of benzene rings is 2. The Morgan fingerprint density at radius 3 is 2.15 bits per heavy atom. The third kappa shape index (κ3) is 3.78. The van der Waals surface area contributed by atoms with E-state index in [2.05, 4.69) is 12.1 Å². The lowest BCUT2D eigenvalue weighted by atomic mass is 9.73. The monoisotopic (exact) mass is 461 g/mol. The van der Waals surface area contributed by atoms with Crippen molar-refractivity contribution < 1.29 is 19.5 Å². The summed E-state index contributed by atoms with van der Waals surface area (Å²) in [5.74, 6) is 0.0869. The lowest BCUT2D eigenvalue weighted by Gasteiger charge is -2.59. The van der Waals surface area contributed by atoms with E-state index in [1.807, 2.05) is 36.4 Å². The van der Waals surface area contributed by atoms with Crippen LogP contribution in [0.4, 0.5) is 0 Å². The summed E-state index contributed by atoms with van der Waals surface area (Å²) in [7, 11) is 3.47. The normalized spacial score (nSPS) is 24.2. The molecule has 34 heavy (non-hydrogen) atoms. The maximum atomic E-state index is 12.8. The molecular formula is C27H31N3O4. The van der Waals surface area contributed by atoms with Crippen LogP contribution in [0.15, 0.2) is 48.5 Å². The second kappa shape index (κ2) is 8.87. The molecule has 1 N–H and O–H groups in total. The first-order chi connectivity index (χ1) is 16.4. The minimum atomic E-state index is -0.249. The van der Waals surface area contributed by atoms with E-state index >= 15 is 0 Å². The molecule has 178 valence electrons. The predicted molar refractivity (Wildman–Crippen MR) is 128 cm³/mol. The van der Waals surface area contributed by atoms with Gasteiger partial charge in [-0.15, -0.1) is 0 Å². The Labute approximate surface area is 200 Å². The summed E-state index contributed by atoms with van der Waals surface area (Å²) in [6.07, 6.45) is 2.93. The number of hydrogen-bond acceptors (Lipinski definition) is 4. The molecule has 2 aromatic carbocycles. The molecule has 7 heteroatoms. The van der Waals surface area contributed by atoms with Crippen molar-refractivity contribution in [3.05, 3.63) is 59.7 Å². The summed E-state index contributed by atoms with van der Waals surface area (Å²) in [6.45, 7) is 0.568. The number of carbonyl (C=O) groups is 3. The van der Waals surface area contributed by atoms with Crippen molar-refractivity contribution in [1.82, 2.24) is 14.7 Å². The number of piperazine rings is 1. The van der Waals surface area contributed by atoms with Crippen LogP contribution in [0, 0.1) is 5.92 Å². The van der Waals surface area contributed by atoms with Gasteiger partial charge in [0.25, 0.3) is 5.91 Å². The molecule has 2 heterocycles. The smallest absolute Gasteiger partial charge is 0.253 e. The van der Waals surface area contributed by atoms with Crippen LogP contribution in [0.25, 0.3) is 11.1 Å². The number of rotatable bonds is 5. The first-order valence-corrected chi connectivity index (χ1v) is 12.0. The highest BCUT2D eigenvalue weighted by Gasteiger charge is 2.54. The Morgan fingerprint density at radius 1 is 1.00 bits per heavy atom. The summed E-state index contributed by atoms with van der Waals surface area (Å²) in [5, 5.41) is 10.0. The number of aliphatic hydroxyl groups excluding tert-OH is 1. The van der Waals surface area contributed by atoms with Crippen LogP contribution in [-0.2, 0) is 9.59 Å². The molecule has 7 nitrogen and oxygen atoms in total. The van der Waals surface area contributed by atoms with E-state index in [0.29, 0.717) is 12.1 Å². The Bertz CT molecular complexity index is 1090. The van der Waals surface area contributed by atoms with E-state index < -0.39 is 0 Å². The third-order valence-corrected chi connectivity index (χ3v) is 7.69. The van der Waals surface area contributed by atoms with Gasteiger partial charge in [0.1, 0.15) is 0 Å². The first kappa shape index (κ1) is 22.6. The van der Waals surface area contributed by atoms with Crippen molar-refractivity contribution in [3.8, 4) is 11.1 Å². The fraction of sp³-hybridized carbons (Fsp3) is 0.444. The topological polar surface area (TPSA) is 81.2 Å². The molecular weight excluding hydrogens is 430 g/mol. The molecule has 3 fully saturated rings. The fourth-order valence-electron chi connectivity index (χ4n) is 5.54. The Hall–Kier alpha value is -3.19. The molecule has 1 saturated carbocycles. The Balaban J connectivity index is 1.33. The van der Waals surface area contributed by atoms with Gasteiger partial charge < -0.3 is 19.8 Å². The zero-order valence-corrected chi connectivity index (χ0v) is 19.7. The van der Waals surface area contributed by atoms with Crippen molar-refractivity contribution in [1.29, 1.82) is 0 Å². The molecule has 0 bridgehead atoms. The highest BCUT2D eigenvalue weighted by molar-refractivity contribution is 5.94. The average Bonchev–Trinajstić information content (AvgIpc) is 2.79. The maximum absolute atomic E-state index is 12.8. The minimum absolute atomic E-state index is 0.0000736. The van der Waals surface area contributed by atoms with Gasteiger partial charge in [0, 0.05) is 38.0 Å². The van der Waals surface area contributed by atoms with Crippen LogP contribution in [0.5, 0.6) is 0 Å². The van der Waals surface area contributed by atoms with E-state index in [1.165, 1.54) is 0 Å². The zero-order chi connectivity index (χ0) is 24.0. The lowest BCUT2D eigenvalue weighted by molar-refractivity contribution is -0.169. The Morgan fingerprint density at radius 2 is 1.62 bits per heavy atom. The van der Waals surface area contributed by atoms with Crippen LogP contribution in [0.1, 0.15) is 41.1 Å². The fourth-order valence-corrected chi connectivity index (χ4v) is 5.54. The maximum Gasteiger partial charge on any atom is 0.253 e. The van der Waals surface area contributed by atoms with E-state index in [0.717, 1.165) is 36.0 Å². The standard InChI is InChI=1S/C27H31N3O4/c1-28(2)26(33)21-12-8-18(9-13-21)17-6-10-19(11-7-17)25-22-14-29(27(34)20-4-3-5-20)15-24(32)30(22)23(25)16-31/h6-13,20,22-23,25,31H,3-5,14-16H2,1-2H3/t22-,23+,25-/m0/s1. The number of fused-ring (bicyclic) bond motifs is 1. The van der Waals surface area contributed by atoms with Crippen LogP contribution in [-0.4, -0.2) is 83.4 Å². The van der Waals surface area contributed by atoms with Crippen molar-refractivity contribution in [2.45, 2.75) is 37.3 Å². The molecule has 2 saturated heterocycles. The van der Waals surface area contributed by atoms with E-state index in [4.69, 9.17) is 0 Å². The van der Waals surface area contributed by atoms with Crippen molar-refractivity contribution in [3.63, 3.8) is 0 Å². The molecule has 3 atom stereocenters. The Kier molecular flexibility index (Phi) is 5.90. The summed E-state index contributed by atoms with van der Waals surface area (Å²) in [4.78, 5) is 42.8. The van der Waals surface area contributed by atoms with Gasteiger partial charge in [-0.05, 0) is 41.7 Å². The molecule has 2 aromatic rings. The summed E-state index contributed by atoms with van der Waals surface area (Å²) >= 11 is 0. The summed E-state index contributed by atoms with van der Waals surface area (Å²) in [6, 6.07) is 15.4. The number of nitrogens with zero attached hydrogens (tertiary/aromatic N) is 3. The van der Waals surface area contributed by atoms with Crippen molar-refractivity contribution >= 4 is 17.7 Å². The van der Waals surface area contributed by atoms with Crippen LogP contribution in [0.3, 0.4) is 0 Å². The molecule has 2 aliphatic heterocycles. The van der Waals surface area contributed by atoms with Crippen LogP contribution >= 0.6 is 0 Å². The second-order valence-corrected chi connectivity index (χ2v) is 9.89. The zero-order valence-electron chi connectivity index (χ0n) is 19.7. The minimum Gasteiger partial charge on any atom is -0.394 e. The largest absolute Gasteiger partial charge is 0.394 e. The second-order valence-electron chi connectivity index (χ2n) is 9.89. The van der Waals surface area contributed by atoms with Crippen LogP contribution in [0.2, 0.25) is 0 Å². The van der Waals surface area contributed by atoms with E-state index in [-0.39, 0.29) is 54.8 Å². The molecule has 0 aromatic heterocycles. The molecule has 3 amide bonds. The van der Waals surface area contributed by atoms with Crippen LogP contribution < -0.4 is 0 Å². The van der Waals surface area contributed by atoms with Gasteiger partial charge in [0.2, 0.25) is 11.8 Å². The van der Waals surface area contributed by atoms with Gasteiger partial charge in [-0.1, -0.05) is 42.8 Å². The number of carbonyl (C=O) groups excluding carboxylic acids is 3. The molecule has 0 radical (unpaired) electrons. The predicted octanol–water partition coefficient (Wildman–Crippen LogP) is 2.35. The molecule has 1 aliphatic carbocycles. The summed E-state index contributed by atoms with van der Waals surface area (Å²) < 4.78 is 0. The van der Waals surface area contributed by atoms with Gasteiger partial charge in [-0.2, -0.15) is 0 Å². The van der Waals surface area contributed by atoms with Gasteiger partial charge in [-0.3, -0.25) is 14.4 Å². The number of hydrogen-bond donors (Lipinski definition) is 1. The SMILES string of the molecule is CN(C)C(=O)c1ccc(-c2ccc([C@@H]3[C@@H](CO)N4C(=O)CN(C(=O)C5CCC5)C[C@@H]34)cc2)cc1. The molecule has 0 unspecified atom stereocenters. The average molecular weight is 462 g/mol. The molecule has 3 aliphatic rings. The van der Waals surface area contributed by atoms with Crippen molar-refractivity contribution in [2.75, 3.05) is 33.8 Å². The number of amides is 3. The highest BCUT2D eigenvalue weighted by atomic mass is 16.3. The lowest BCUT2D eigenvalue weighted by Crippen LogP contribution is -2.73. The van der Waals surface area contributed by atoms with E-state index in [9.17, 15) is 19.5 Å². The van der Waals surface area contributed by atoms with Gasteiger partial charge in [0.15, 0.2) is 0 Å². The number of aliphatic hydroxyl groups is 1. The van der Waals surface area contributed by atoms with Gasteiger partial charge in [-0.25, -0.2) is 0 Å². The first-order valence-electron chi connectivity index (χ1n) is 12.0. The van der Waals surface area contributed by atoms with E-state index in [1.54, 1.807) is 28.8 Å². The van der Waals surface area contributed by atoms with Gasteiger partial charge >= 0.3 is 0 Å². The van der Waals surface area contributed by atoms with Gasteiger partial charge in [0.05, 0.1) is 25.2 Å². The van der Waals surface area contributed by atoms with Crippen molar-refractivity contribution in [2.24, 2.45) is 5.92 Å².